The van der Waals surface area contributed by atoms with Gasteiger partial charge in [0.15, 0.2) is 5.76 Å². The molecule has 0 aliphatic carbocycles. The summed E-state index contributed by atoms with van der Waals surface area (Å²) in [6.45, 7) is 4.15. The van der Waals surface area contributed by atoms with Crippen LogP contribution in [0.2, 0.25) is 0 Å². The number of amides is 1. The molecule has 1 aromatic heterocycles. The van der Waals surface area contributed by atoms with Crippen molar-refractivity contribution < 1.29 is 9.21 Å². The van der Waals surface area contributed by atoms with Crippen LogP contribution in [0.25, 0.3) is 11.0 Å². The summed E-state index contributed by atoms with van der Waals surface area (Å²) in [4.78, 5) is 12.0. The summed E-state index contributed by atoms with van der Waals surface area (Å²) < 4.78 is 5.52. The highest BCUT2D eigenvalue weighted by molar-refractivity contribution is 5.96. The van der Waals surface area contributed by atoms with Gasteiger partial charge in [0.2, 0.25) is 0 Å². The number of fused-ring (bicyclic) bond motifs is 1. The molecule has 0 spiro atoms. The van der Waals surface area contributed by atoms with Crippen molar-refractivity contribution in [3.8, 4) is 0 Å². The van der Waals surface area contributed by atoms with Gasteiger partial charge in [-0.25, -0.2) is 0 Å². The topological polar surface area (TPSA) is 68.3 Å². The number of furan rings is 1. The molecule has 102 valence electrons. The highest BCUT2D eigenvalue weighted by Crippen LogP contribution is 2.21. The summed E-state index contributed by atoms with van der Waals surface area (Å²) in [5.41, 5.74) is 7.05. The van der Waals surface area contributed by atoms with Gasteiger partial charge in [-0.3, -0.25) is 4.79 Å². The van der Waals surface area contributed by atoms with Gasteiger partial charge >= 0.3 is 0 Å². The lowest BCUT2D eigenvalue weighted by molar-refractivity contribution is 0.0912. The smallest absolute Gasteiger partial charge is 0.287 e. The van der Waals surface area contributed by atoms with Gasteiger partial charge in [0.25, 0.3) is 5.91 Å². The third-order valence-electron chi connectivity index (χ3n) is 3.13. The second-order valence-electron chi connectivity index (χ2n) is 4.92. The fraction of sp³-hybridized carbons (Fsp3) is 0.400. The van der Waals surface area contributed by atoms with Crippen LogP contribution in [0, 0.1) is 0 Å². The van der Waals surface area contributed by atoms with Crippen molar-refractivity contribution in [1.82, 2.24) is 5.32 Å². The zero-order valence-corrected chi connectivity index (χ0v) is 11.4. The van der Waals surface area contributed by atoms with E-state index in [1.807, 2.05) is 6.92 Å². The number of hydrogen-bond donors (Lipinski definition) is 2. The molecule has 2 aromatic rings. The Hall–Kier alpha value is -1.97. The second-order valence-corrected chi connectivity index (χ2v) is 4.92. The summed E-state index contributed by atoms with van der Waals surface area (Å²) in [6, 6.07) is 7.23. The molecule has 0 fully saturated rings. The Morgan fingerprint density at radius 2 is 2.21 bits per heavy atom. The maximum atomic E-state index is 12.0. The molecule has 0 aliphatic rings. The second kappa shape index (κ2) is 5.78. The Labute approximate surface area is 113 Å². The van der Waals surface area contributed by atoms with Crippen LogP contribution in [-0.4, -0.2) is 11.9 Å². The molecule has 2 rings (SSSR count). The predicted molar refractivity (Wildman–Crippen MR) is 77.1 cm³/mol. The van der Waals surface area contributed by atoms with Crippen LogP contribution in [-0.2, 0) is 0 Å². The van der Waals surface area contributed by atoms with E-state index < -0.39 is 0 Å². The van der Waals surface area contributed by atoms with Gasteiger partial charge in [-0.05, 0) is 37.6 Å². The van der Waals surface area contributed by atoms with E-state index >= 15 is 0 Å². The maximum absolute atomic E-state index is 12.0. The monoisotopic (exact) mass is 260 g/mol. The largest absolute Gasteiger partial charge is 0.451 e. The fourth-order valence-corrected chi connectivity index (χ4v) is 2.05. The average Bonchev–Trinajstić information content (AvgIpc) is 2.79. The molecule has 1 unspecified atom stereocenters. The van der Waals surface area contributed by atoms with Crippen LogP contribution in [0.15, 0.2) is 28.7 Å². The van der Waals surface area contributed by atoms with Gasteiger partial charge in [0, 0.05) is 17.1 Å². The molecule has 0 bridgehead atoms. The number of unbranched alkanes of at least 4 members (excludes halogenated alkanes) is 1. The number of carbonyl (C=O) groups excluding carboxylic acids is 1. The van der Waals surface area contributed by atoms with Crippen molar-refractivity contribution in [3.05, 3.63) is 30.0 Å². The third kappa shape index (κ3) is 3.28. The van der Waals surface area contributed by atoms with Crippen molar-refractivity contribution in [2.24, 2.45) is 0 Å². The van der Waals surface area contributed by atoms with E-state index in [1.54, 1.807) is 24.3 Å². The summed E-state index contributed by atoms with van der Waals surface area (Å²) in [6.07, 6.45) is 3.22. The Kier molecular flexibility index (Phi) is 4.10. The summed E-state index contributed by atoms with van der Waals surface area (Å²) >= 11 is 0. The first-order valence-electron chi connectivity index (χ1n) is 6.70. The van der Waals surface area contributed by atoms with Crippen molar-refractivity contribution in [2.45, 2.75) is 39.2 Å². The van der Waals surface area contributed by atoms with Gasteiger partial charge in [-0.1, -0.05) is 19.8 Å². The number of nitrogens with one attached hydrogen (secondary N) is 1. The van der Waals surface area contributed by atoms with E-state index in [0.717, 1.165) is 24.6 Å². The number of benzene rings is 1. The molecule has 4 heteroatoms. The lowest BCUT2D eigenvalue weighted by Crippen LogP contribution is -2.32. The highest BCUT2D eigenvalue weighted by atomic mass is 16.3. The van der Waals surface area contributed by atoms with Crippen LogP contribution >= 0.6 is 0 Å². The normalized spacial score (nSPS) is 12.5. The zero-order chi connectivity index (χ0) is 13.8. The molecule has 19 heavy (non-hydrogen) atoms. The van der Waals surface area contributed by atoms with Crippen LogP contribution in [0.4, 0.5) is 5.69 Å². The van der Waals surface area contributed by atoms with E-state index in [2.05, 4.69) is 12.2 Å². The first-order chi connectivity index (χ1) is 9.10. The maximum Gasteiger partial charge on any atom is 0.287 e. The molecule has 0 saturated carbocycles. The minimum atomic E-state index is -0.168. The molecule has 1 atom stereocenters. The van der Waals surface area contributed by atoms with Gasteiger partial charge in [-0.2, -0.15) is 0 Å². The van der Waals surface area contributed by atoms with Crippen LogP contribution in [0.5, 0.6) is 0 Å². The van der Waals surface area contributed by atoms with E-state index in [-0.39, 0.29) is 11.9 Å². The van der Waals surface area contributed by atoms with Crippen LogP contribution < -0.4 is 11.1 Å². The van der Waals surface area contributed by atoms with Gasteiger partial charge < -0.3 is 15.5 Å². The van der Waals surface area contributed by atoms with Crippen LogP contribution in [0.3, 0.4) is 0 Å². The zero-order valence-electron chi connectivity index (χ0n) is 11.4. The molecule has 0 radical (unpaired) electrons. The Balaban J connectivity index is 2.08. The Bertz CT molecular complexity index is 575. The van der Waals surface area contributed by atoms with Crippen molar-refractivity contribution >= 4 is 22.6 Å². The first kappa shape index (κ1) is 13.5. The number of hydrogen-bond acceptors (Lipinski definition) is 3. The standard InChI is InChI=1S/C15H20N2O2/c1-3-4-5-10(2)17-15(18)14-9-11-8-12(16)6-7-13(11)19-14/h6-10H,3-5,16H2,1-2H3,(H,17,18). The summed E-state index contributed by atoms with van der Waals surface area (Å²) in [5, 5.41) is 3.80. The SMILES string of the molecule is CCCCC(C)NC(=O)c1cc2cc(N)ccc2o1. The molecular weight excluding hydrogens is 240 g/mol. The summed E-state index contributed by atoms with van der Waals surface area (Å²) in [5.74, 6) is 0.169. The Morgan fingerprint density at radius 1 is 1.42 bits per heavy atom. The highest BCUT2D eigenvalue weighted by Gasteiger charge is 2.14. The number of rotatable bonds is 5. The summed E-state index contributed by atoms with van der Waals surface area (Å²) in [7, 11) is 0. The minimum Gasteiger partial charge on any atom is -0.451 e. The predicted octanol–water partition coefficient (Wildman–Crippen LogP) is 3.32. The van der Waals surface area contributed by atoms with Crippen LogP contribution in [0.1, 0.15) is 43.7 Å². The molecule has 1 amide bonds. The number of nitrogens with two attached hydrogens (primary N) is 1. The van der Waals surface area contributed by atoms with Crippen molar-refractivity contribution in [1.29, 1.82) is 0 Å². The molecule has 3 N–H and O–H groups in total. The first-order valence-corrected chi connectivity index (χ1v) is 6.70. The van der Waals surface area contributed by atoms with E-state index in [4.69, 9.17) is 10.2 Å². The minimum absolute atomic E-state index is 0.158. The molecule has 1 heterocycles. The van der Waals surface area contributed by atoms with Gasteiger partial charge in [-0.15, -0.1) is 0 Å². The Morgan fingerprint density at radius 3 is 2.95 bits per heavy atom. The average molecular weight is 260 g/mol. The molecule has 1 aromatic carbocycles. The third-order valence-corrected chi connectivity index (χ3v) is 3.13. The molecule has 4 nitrogen and oxygen atoms in total. The number of anilines is 1. The van der Waals surface area contributed by atoms with Gasteiger partial charge in [0.1, 0.15) is 5.58 Å². The number of carbonyl (C=O) groups is 1. The molecular formula is C15H20N2O2. The van der Waals surface area contributed by atoms with Crippen molar-refractivity contribution in [3.63, 3.8) is 0 Å². The van der Waals surface area contributed by atoms with Crippen molar-refractivity contribution in [2.75, 3.05) is 5.73 Å². The van der Waals surface area contributed by atoms with E-state index in [0.29, 0.717) is 17.0 Å². The molecule has 0 aliphatic heterocycles. The van der Waals surface area contributed by atoms with E-state index in [1.165, 1.54) is 0 Å². The van der Waals surface area contributed by atoms with E-state index in [9.17, 15) is 4.79 Å². The number of nitrogen functional groups attached to an aromatic ring is 1. The molecule has 0 saturated heterocycles. The van der Waals surface area contributed by atoms with Gasteiger partial charge in [0.05, 0.1) is 0 Å². The lowest BCUT2D eigenvalue weighted by Gasteiger charge is -2.11. The quantitative estimate of drug-likeness (QED) is 0.810. The lowest BCUT2D eigenvalue weighted by atomic mass is 10.1. The fourth-order valence-electron chi connectivity index (χ4n) is 2.05.